The van der Waals surface area contributed by atoms with Crippen LogP contribution < -0.4 is 4.74 Å². The number of likely N-dealkylation sites (tertiary alicyclic amines) is 1. The quantitative estimate of drug-likeness (QED) is 0.799. The maximum absolute atomic E-state index is 11.8. The summed E-state index contributed by atoms with van der Waals surface area (Å²) in [6.45, 7) is 0.740. The molecule has 1 fully saturated rings. The Morgan fingerprint density at radius 3 is 3.00 bits per heavy atom. The van der Waals surface area contributed by atoms with Crippen molar-refractivity contribution in [2.24, 2.45) is 0 Å². The molecule has 0 radical (unpaired) electrons. The number of alkyl halides is 1. The zero-order valence-electron chi connectivity index (χ0n) is 10.2. The second-order valence-corrected chi connectivity index (χ2v) is 4.94. The molecule has 0 aromatic heterocycles. The van der Waals surface area contributed by atoms with Crippen LogP contribution in [0.3, 0.4) is 0 Å². The van der Waals surface area contributed by atoms with Gasteiger partial charge < -0.3 is 9.64 Å². The van der Waals surface area contributed by atoms with Crippen LogP contribution in [-0.2, 0) is 4.79 Å². The minimum Gasteiger partial charge on any atom is -0.497 e. The van der Waals surface area contributed by atoms with Gasteiger partial charge in [-0.05, 0) is 36.6 Å². The van der Waals surface area contributed by atoms with E-state index in [-0.39, 0.29) is 17.8 Å². The highest BCUT2D eigenvalue weighted by Crippen LogP contribution is 2.37. The third kappa shape index (κ3) is 2.57. The molecule has 0 saturated carbocycles. The number of nitrogens with zero attached hydrogens (tertiary/aromatic N) is 1. The standard InChI is InChI=1S/C13H15Cl2NO2/c1-18-9-4-5-11(15)10(7-9)12-3-2-6-16(12)13(17)8-14/h4-5,7,12H,2-3,6,8H2,1H3. The molecule has 1 saturated heterocycles. The predicted molar refractivity (Wildman–Crippen MR) is 72.4 cm³/mol. The van der Waals surface area contributed by atoms with Crippen molar-refractivity contribution >= 4 is 29.1 Å². The third-order valence-electron chi connectivity index (χ3n) is 3.25. The zero-order valence-corrected chi connectivity index (χ0v) is 11.7. The van der Waals surface area contributed by atoms with Crippen LogP contribution in [-0.4, -0.2) is 30.3 Å². The Kier molecular flexibility index (Phi) is 4.36. The fourth-order valence-corrected chi connectivity index (χ4v) is 2.77. The molecule has 3 nitrogen and oxygen atoms in total. The smallest absolute Gasteiger partial charge is 0.238 e. The normalized spacial score (nSPS) is 19.1. The molecule has 1 atom stereocenters. The van der Waals surface area contributed by atoms with Gasteiger partial charge in [0.1, 0.15) is 11.6 Å². The molecule has 0 bridgehead atoms. The SMILES string of the molecule is COc1ccc(Cl)c(C2CCCN2C(=O)CCl)c1. The maximum Gasteiger partial charge on any atom is 0.238 e. The highest BCUT2D eigenvalue weighted by atomic mass is 35.5. The van der Waals surface area contributed by atoms with Gasteiger partial charge in [0.05, 0.1) is 13.2 Å². The molecule has 1 aromatic carbocycles. The highest BCUT2D eigenvalue weighted by Gasteiger charge is 2.30. The molecule has 18 heavy (non-hydrogen) atoms. The lowest BCUT2D eigenvalue weighted by molar-refractivity contribution is -0.129. The first-order chi connectivity index (χ1) is 8.67. The van der Waals surface area contributed by atoms with E-state index < -0.39 is 0 Å². The van der Waals surface area contributed by atoms with E-state index in [1.807, 2.05) is 12.1 Å². The van der Waals surface area contributed by atoms with Crippen molar-refractivity contribution in [3.63, 3.8) is 0 Å². The van der Waals surface area contributed by atoms with Crippen LogP contribution in [0.15, 0.2) is 18.2 Å². The Balaban J connectivity index is 2.32. The van der Waals surface area contributed by atoms with Crippen LogP contribution in [0, 0.1) is 0 Å². The van der Waals surface area contributed by atoms with Gasteiger partial charge in [0.25, 0.3) is 0 Å². The molecular formula is C13H15Cl2NO2. The summed E-state index contributed by atoms with van der Waals surface area (Å²) in [5, 5.41) is 0.662. The average molecular weight is 288 g/mol. The van der Waals surface area contributed by atoms with Crippen molar-refractivity contribution in [2.45, 2.75) is 18.9 Å². The van der Waals surface area contributed by atoms with E-state index in [1.54, 1.807) is 18.1 Å². The number of carbonyl (C=O) groups is 1. The van der Waals surface area contributed by atoms with Gasteiger partial charge in [-0.1, -0.05) is 11.6 Å². The number of hydrogen-bond acceptors (Lipinski definition) is 2. The Bertz CT molecular complexity index is 451. The lowest BCUT2D eigenvalue weighted by Gasteiger charge is -2.25. The van der Waals surface area contributed by atoms with Crippen LogP contribution >= 0.6 is 23.2 Å². The highest BCUT2D eigenvalue weighted by molar-refractivity contribution is 6.31. The lowest BCUT2D eigenvalue weighted by Crippen LogP contribution is -2.31. The minimum absolute atomic E-state index is 0.0120. The monoisotopic (exact) mass is 287 g/mol. The van der Waals surface area contributed by atoms with Gasteiger partial charge >= 0.3 is 0 Å². The number of amides is 1. The summed E-state index contributed by atoms with van der Waals surface area (Å²) in [5.74, 6) is 0.718. The fourth-order valence-electron chi connectivity index (χ4n) is 2.37. The minimum atomic E-state index is -0.0435. The van der Waals surface area contributed by atoms with E-state index in [0.29, 0.717) is 5.02 Å². The first kappa shape index (κ1) is 13.5. The van der Waals surface area contributed by atoms with Crippen molar-refractivity contribution in [2.75, 3.05) is 19.5 Å². The van der Waals surface area contributed by atoms with Gasteiger partial charge in [-0.15, -0.1) is 11.6 Å². The van der Waals surface area contributed by atoms with Gasteiger partial charge in [0, 0.05) is 11.6 Å². The largest absolute Gasteiger partial charge is 0.497 e. The molecule has 1 aliphatic rings. The summed E-state index contributed by atoms with van der Waals surface area (Å²) in [4.78, 5) is 13.6. The molecular weight excluding hydrogens is 273 g/mol. The summed E-state index contributed by atoms with van der Waals surface area (Å²) in [6, 6.07) is 5.53. The van der Waals surface area contributed by atoms with E-state index in [9.17, 15) is 4.79 Å². The molecule has 1 heterocycles. The molecule has 98 valence electrons. The van der Waals surface area contributed by atoms with Gasteiger partial charge in [-0.2, -0.15) is 0 Å². The molecule has 0 aliphatic carbocycles. The van der Waals surface area contributed by atoms with E-state index in [1.165, 1.54) is 0 Å². The average Bonchev–Trinajstić information content (AvgIpc) is 2.87. The molecule has 1 aromatic rings. The van der Waals surface area contributed by atoms with Gasteiger partial charge in [-0.25, -0.2) is 0 Å². The molecule has 2 rings (SSSR count). The molecule has 0 spiro atoms. The Morgan fingerprint density at radius 1 is 1.56 bits per heavy atom. The summed E-state index contributed by atoms with van der Waals surface area (Å²) in [6.07, 6.45) is 1.89. The van der Waals surface area contributed by atoms with Crippen molar-refractivity contribution < 1.29 is 9.53 Å². The second-order valence-electron chi connectivity index (χ2n) is 4.27. The summed E-state index contributed by atoms with van der Waals surface area (Å²) >= 11 is 11.9. The van der Waals surface area contributed by atoms with E-state index in [2.05, 4.69) is 0 Å². The number of ether oxygens (including phenoxy) is 1. The zero-order chi connectivity index (χ0) is 13.1. The van der Waals surface area contributed by atoms with Crippen molar-refractivity contribution in [3.8, 4) is 5.75 Å². The molecule has 5 heteroatoms. The maximum atomic E-state index is 11.8. The Labute approximate surface area is 117 Å². The van der Waals surface area contributed by atoms with Crippen LogP contribution in [0.5, 0.6) is 5.75 Å². The number of carbonyl (C=O) groups excluding carboxylic acids is 1. The van der Waals surface area contributed by atoms with Crippen LogP contribution in [0.1, 0.15) is 24.4 Å². The Hall–Kier alpha value is -0.930. The molecule has 1 unspecified atom stereocenters. The van der Waals surface area contributed by atoms with Crippen LogP contribution in [0.4, 0.5) is 0 Å². The third-order valence-corrected chi connectivity index (χ3v) is 3.82. The molecule has 1 aliphatic heterocycles. The molecule has 0 N–H and O–H groups in total. The van der Waals surface area contributed by atoms with Crippen LogP contribution in [0.25, 0.3) is 0 Å². The number of rotatable bonds is 3. The fraction of sp³-hybridized carbons (Fsp3) is 0.462. The van der Waals surface area contributed by atoms with Crippen molar-refractivity contribution in [1.82, 2.24) is 4.90 Å². The topological polar surface area (TPSA) is 29.5 Å². The van der Waals surface area contributed by atoms with Crippen LogP contribution in [0.2, 0.25) is 5.02 Å². The number of benzene rings is 1. The van der Waals surface area contributed by atoms with E-state index in [0.717, 1.165) is 30.7 Å². The number of halogens is 2. The van der Waals surface area contributed by atoms with E-state index in [4.69, 9.17) is 27.9 Å². The lowest BCUT2D eigenvalue weighted by atomic mass is 10.0. The second kappa shape index (κ2) is 5.81. The summed E-state index contributed by atoms with van der Waals surface area (Å²) < 4.78 is 5.20. The van der Waals surface area contributed by atoms with Crippen molar-refractivity contribution in [1.29, 1.82) is 0 Å². The van der Waals surface area contributed by atoms with Gasteiger partial charge in [-0.3, -0.25) is 4.79 Å². The predicted octanol–water partition coefficient (Wildman–Crippen LogP) is 3.25. The number of methoxy groups -OCH3 is 1. The molecule has 1 amide bonds. The first-order valence-corrected chi connectivity index (χ1v) is 6.77. The van der Waals surface area contributed by atoms with Gasteiger partial charge in [0.2, 0.25) is 5.91 Å². The summed E-state index contributed by atoms with van der Waals surface area (Å²) in [7, 11) is 1.61. The van der Waals surface area contributed by atoms with E-state index >= 15 is 0 Å². The van der Waals surface area contributed by atoms with Crippen molar-refractivity contribution in [3.05, 3.63) is 28.8 Å². The van der Waals surface area contributed by atoms with Gasteiger partial charge in [0.15, 0.2) is 0 Å². The number of hydrogen-bond donors (Lipinski definition) is 0. The Morgan fingerprint density at radius 2 is 2.33 bits per heavy atom. The summed E-state index contributed by atoms with van der Waals surface area (Å²) in [5.41, 5.74) is 0.937. The first-order valence-electron chi connectivity index (χ1n) is 5.86.